The molecule has 3 N–H and O–H groups in total. The summed E-state index contributed by atoms with van der Waals surface area (Å²) in [5.41, 5.74) is 5.75. The Hall–Kier alpha value is -0.570. The van der Waals surface area contributed by atoms with Crippen molar-refractivity contribution in [1.82, 2.24) is 5.32 Å². The zero-order valence-electron chi connectivity index (χ0n) is 13.7. The minimum absolute atomic E-state index is 0.185. The molecule has 1 fully saturated rings. The Morgan fingerprint density at radius 3 is 2.45 bits per heavy atom. The lowest BCUT2D eigenvalue weighted by atomic mass is 9.81. The van der Waals surface area contributed by atoms with E-state index >= 15 is 0 Å². The van der Waals surface area contributed by atoms with Gasteiger partial charge in [0.25, 0.3) is 0 Å². The summed E-state index contributed by atoms with van der Waals surface area (Å²) in [5, 5.41) is 3.08. The van der Waals surface area contributed by atoms with Crippen LogP contribution in [0.3, 0.4) is 0 Å². The Morgan fingerprint density at radius 1 is 1.25 bits per heavy atom. The van der Waals surface area contributed by atoms with Crippen LogP contribution in [0, 0.1) is 23.7 Å². The third-order valence-corrected chi connectivity index (χ3v) is 4.62. The van der Waals surface area contributed by atoms with Gasteiger partial charge in [-0.05, 0) is 43.1 Å². The fourth-order valence-corrected chi connectivity index (χ4v) is 3.30. The van der Waals surface area contributed by atoms with Gasteiger partial charge >= 0.3 is 0 Å². The molecule has 0 radical (unpaired) electrons. The van der Waals surface area contributed by atoms with Crippen molar-refractivity contribution in [3.05, 3.63) is 0 Å². The molecule has 1 amide bonds. The van der Waals surface area contributed by atoms with Crippen molar-refractivity contribution >= 4 is 5.91 Å². The van der Waals surface area contributed by atoms with E-state index in [0.29, 0.717) is 24.8 Å². The maximum absolute atomic E-state index is 11.9. The van der Waals surface area contributed by atoms with E-state index < -0.39 is 0 Å². The molecule has 1 rings (SSSR count). The molecule has 3 nitrogen and oxygen atoms in total. The third-order valence-electron chi connectivity index (χ3n) is 4.62. The second-order valence-electron chi connectivity index (χ2n) is 7.20. The van der Waals surface area contributed by atoms with E-state index in [4.69, 9.17) is 5.73 Å². The third kappa shape index (κ3) is 7.28. The van der Waals surface area contributed by atoms with Crippen molar-refractivity contribution in [2.75, 3.05) is 13.1 Å². The van der Waals surface area contributed by atoms with E-state index in [1.165, 1.54) is 25.7 Å². The molecule has 3 heteroatoms. The molecule has 118 valence electrons. The molecule has 0 aromatic carbocycles. The fourth-order valence-electron chi connectivity index (χ4n) is 3.30. The van der Waals surface area contributed by atoms with Crippen LogP contribution in [-0.2, 0) is 4.79 Å². The molecule has 0 unspecified atom stereocenters. The van der Waals surface area contributed by atoms with Crippen LogP contribution in [0.15, 0.2) is 0 Å². The molecule has 0 spiro atoms. The average Bonchev–Trinajstić information content (AvgIpc) is 2.39. The Labute approximate surface area is 125 Å². The van der Waals surface area contributed by atoms with Crippen molar-refractivity contribution in [1.29, 1.82) is 0 Å². The largest absolute Gasteiger partial charge is 0.356 e. The highest BCUT2D eigenvalue weighted by atomic mass is 16.1. The van der Waals surface area contributed by atoms with Crippen LogP contribution in [-0.4, -0.2) is 19.0 Å². The number of rotatable bonds is 8. The first-order chi connectivity index (χ1) is 9.51. The molecule has 1 atom stereocenters. The smallest absolute Gasteiger partial charge is 0.220 e. The van der Waals surface area contributed by atoms with Crippen molar-refractivity contribution in [2.24, 2.45) is 29.4 Å². The lowest BCUT2D eigenvalue weighted by molar-refractivity contribution is -0.122. The number of nitrogens with two attached hydrogens (primary N) is 1. The quantitative estimate of drug-likeness (QED) is 0.717. The number of hydrogen-bond donors (Lipinski definition) is 2. The Morgan fingerprint density at radius 2 is 1.90 bits per heavy atom. The first-order valence-corrected chi connectivity index (χ1v) is 8.48. The van der Waals surface area contributed by atoms with Crippen LogP contribution in [0.4, 0.5) is 0 Å². The Kier molecular flexibility index (Phi) is 8.20. The van der Waals surface area contributed by atoms with Crippen molar-refractivity contribution in [2.45, 2.75) is 65.7 Å². The maximum atomic E-state index is 11.9. The second kappa shape index (κ2) is 9.38. The second-order valence-corrected chi connectivity index (χ2v) is 7.20. The van der Waals surface area contributed by atoms with Gasteiger partial charge in [-0.3, -0.25) is 4.79 Å². The van der Waals surface area contributed by atoms with Crippen LogP contribution in [0.1, 0.15) is 65.7 Å². The Balaban J connectivity index is 2.13. The summed E-state index contributed by atoms with van der Waals surface area (Å²) in [5.74, 6) is 2.87. The van der Waals surface area contributed by atoms with Gasteiger partial charge in [0.2, 0.25) is 5.91 Å². The summed E-state index contributed by atoms with van der Waals surface area (Å²) in [6.45, 7) is 8.18. The van der Waals surface area contributed by atoms with Gasteiger partial charge < -0.3 is 11.1 Å². The van der Waals surface area contributed by atoms with Crippen LogP contribution in [0.2, 0.25) is 0 Å². The highest BCUT2D eigenvalue weighted by Crippen LogP contribution is 2.29. The molecule has 1 aliphatic rings. The van der Waals surface area contributed by atoms with Crippen LogP contribution < -0.4 is 11.1 Å². The molecule has 0 aliphatic heterocycles. The van der Waals surface area contributed by atoms with E-state index in [1.807, 2.05) is 0 Å². The molecule has 0 aromatic rings. The van der Waals surface area contributed by atoms with Gasteiger partial charge in [0.15, 0.2) is 0 Å². The molecular weight excluding hydrogens is 248 g/mol. The Bertz CT molecular complexity index is 270. The zero-order valence-corrected chi connectivity index (χ0v) is 13.7. The van der Waals surface area contributed by atoms with Gasteiger partial charge in [0.1, 0.15) is 0 Å². The summed E-state index contributed by atoms with van der Waals surface area (Å²) in [6.07, 6.45) is 8.20. The number of nitrogens with one attached hydrogen (secondary N) is 1. The molecule has 0 saturated heterocycles. The highest BCUT2D eigenvalue weighted by molar-refractivity contribution is 5.76. The molecule has 1 aliphatic carbocycles. The average molecular weight is 282 g/mol. The summed E-state index contributed by atoms with van der Waals surface area (Å²) < 4.78 is 0. The standard InChI is InChI=1S/C17H34N2O/c1-13(2)10-16(12-18)11-17(20)19-9-8-15-6-4-14(3)5-7-15/h13-16H,4-12,18H2,1-3H3,(H,19,20)/t14?,15?,16-/m0/s1. The monoisotopic (exact) mass is 282 g/mol. The van der Waals surface area contributed by atoms with Gasteiger partial charge in [-0.1, -0.05) is 46.5 Å². The van der Waals surface area contributed by atoms with Crippen LogP contribution in [0.25, 0.3) is 0 Å². The van der Waals surface area contributed by atoms with E-state index in [9.17, 15) is 4.79 Å². The summed E-state index contributed by atoms with van der Waals surface area (Å²) in [6, 6.07) is 0. The fraction of sp³-hybridized carbons (Fsp3) is 0.941. The molecule has 0 heterocycles. The minimum atomic E-state index is 0.185. The molecule has 0 aromatic heterocycles. The van der Waals surface area contributed by atoms with E-state index in [2.05, 4.69) is 26.1 Å². The maximum Gasteiger partial charge on any atom is 0.220 e. The first kappa shape index (κ1) is 17.5. The normalized spacial score (nSPS) is 24.6. The van der Waals surface area contributed by atoms with Crippen molar-refractivity contribution in [3.8, 4) is 0 Å². The van der Waals surface area contributed by atoms with E-state index in [-0.39, 0.29) is 5.91 Å². The lowest BCUT2D eigenvalue weighted by Crippen LogP contribution is -2.30. The minimum Gasteiger partial charge on any atom is -0.356 e. The zero-order chi connectivity index (χ0) is 15.0. The van der Waals surface area contributed by atoms with Gasteiger partial charge in [0, 0.05) is 13.0 Å². The van der Waals surface area contributed by atoms with Crippen LogP contribution >= 0.6 is 0 Å². The van der Waals surface area contributed by atoms with Gasteiger partial charge in [-0.25, -0.2) is 0 Å². The van der Waals surface area contributed by atoms with E-state index in [1.54, 1.807) is 0 Å². The summed E-state index contributed by atoms with van der Waals surface area (Å²) in [4.78, 5) is 11.9. The number of carbonyl (C=O) groups is 1. The molecule has 20 heavy (non-hydrogen) atoms. The number of hydrogen-bond acceptors (Lipinski definition) is 2. The number of amides is 1. The molecule has 1 saturated carbocycles. The van der Waals surface area contributed by atoms with Crippen LogP contribution in [0.5, 0.6) is 0 Å². The highest BCUT2D eigenvalue weighted by Gasteiger charge is 2.18. The van der Waals surface area contributed by atoms with Crippen molar-refractivity contribution < 1.29 is 4.79 Å². The predicted molar refractivity (Wildman–Crippen MR) is 85.4 cm³/mol. The summed E-state index contributed by atoms with van der Waals surface area (Å²) >= 11 is 0. The first-order valence-electron chi connectivity index (χ1n) is 8.48. The molecular formula is C17H34N2O. The van der Waals surface area contributed by atoms with Gasteiger partial charge in [-0.2, -0.15) is 0 Å². The van der Waals surface area contributed by atoms with E-state index in [0.717, 1.165) is 31.2 Å². The topological polar surface area (TPSA) is 55.1 Å². The van der Waals surface area contributed by atoms with Crippen molar-refractivity contribution in [3.63, 3.8) is 0 Å². The van der Waals surface area contributed by atoms with Gasteiger partial charge in [0.05, 0.1) is 0 Å². The predicted octanol–water partition coefficient (Wildman–Crippen LogP) is 3.33. The molecule has 0 bridgehead atoms. The van der Waals surface area contributed by atoms with Gasteiger partial charge in [-0.15, -0.1) is 0 Å². The lowest BCUT2D eigenvalue weighted by Gasteiger charge is -2.26. The number of carbonyl (C=O) groups excluding carboxylic acids is 1. The summed E-state index contributed by atoms with van der Waals surface area (Å²) in [7, 11) is 0. The SMILES string of the molecule is CC(C)C[C@H](CN)CC(=O)NCCC1CCC(C)CC1.